The van der Waals surface area contributed by atoms with Gasteiger partial charge in [0.05, 0.1) is 5.69 Å². The molecule has 4 heterocycles. The highest BCUT2D eigenvalue weighted by Crippen LogP contribution is 2.21. The van der Waals surface area contributed by atoms with E-state index >= 15 is 0 Å². The largest absolute Gasteiger partial charge is 0.288 e. The Hall–Kier alpha value is -3.59. The second kappa shape index (κ2) is 7.34. The first-order valence-corrected chi connectivity index (χ1v) is 8.88. The smallest absolute Gasteiger partial charge is 0.287 e. The van der Waals surface area contributed by atoms with Gasteiger partial charge in [-0.1, -0.05) is 6.07 Å². The maximum absolute atomic E-state index is 12.5. The van der Waals surface area contributed by atoms with Crippen LogP contribution >= 0.6 is 11.3 Å². The van der Waals surface area contributed by atoms with Gasteiger partial charge in [-0.2, -0.15) is 9.97 Å². The van der Waals surface area contributed by atoms with Crippen molar-refractivity contribution in [2.75, 3.05) is 5.32 Å². The van der Waals surface area contributed by atoms with Crippen LogP contribution in [0.5, 0.6) is 0 Å². The topological polar surface area (TPSA) is 106 Å². The summed E-state index contributed by atoms with van der Waals surface area (Å²) in [4.78, 5) is 37.9. The molecule has 9 heteroatoms. The molecule has 0 aliphatic rings. The first-order valence-electron chi connectivity index (χ1n) is 8.00. The number of hydrogen-bond acceptors (Lipinski definition) is 8. The molecule has 0 aliphatic heterocycles. The van der Waals surface area contributed by atoms with E-state index in [4.69, 9.17) is 0 Å². The van der Waals surface area contributed by atoms with Gasteiger partial charge < -0.3 is 0 Å². The van der Waals surface area contributed by atoms with Crippen LogP contribution in [0.2, 0.25) is 0 Å². The van der Waals surface area contributed by atoms with Gasteiger partial charge in [-0.15, -0.1) is 11.3 Å². The summed E-state index contributed by atoms with van der Waals surface area (Å²) < 4.78 is 0. The van der Waals surface area contributed by atoms with E-state index in [1.54, 1.807) is 31.6 Å². The van der Waals surface area contributed by atoms with Gasteiger partial charge in [0.2, 0.25) is 5.95 Å². The molecule has 0 aromatic carbocycles. The quantitative estimate of drug-likeness (QED) is 0.584. The molecule has 0 bridgehead atoms. The molecule has 0 atom stereocenters. The van der Waals surface area contributed by atoms with Crippen LogP contribution in [0.4, 0.5) is 5.95 Å². The third kappa shape index (κ3) is 3.82. The summed E-state index contributed by atoms with van der Waals surface area (Å²) in [7, 11) is 0. The monoisotopic (exact) mass is 375 g/mol. The van der Waals surface area contributed by atoms with Gasteiger partial charge in [0.15, 0.2) is 10.8 Å². The van der Waals surface area contributed by atoms with Gasteiger partial charge in [0, 0.05) is 29.5 Å². The second-order valence-electron chi connectivity index (χ2n) is 5.48. The molecule has 4 aromatic heterocycles. The molecule has 0 saturated carbocycles. The van der Waals surface area contributed by atoms with Crippen molar-refractivity contribution in [3.63, 3.8) is 0 Å². The maximum Gasteiger partial charge on any atom is 0.287 e. The molecule has 1 N–H and O–H groups in total. The van der Waals surface area contributed by atoms with E-state index in [1.165, 1.54) is 11.3 Å². The number of pyridine rings is 2. The Morgan fingerprint density at radius 1 is 1.00 bits per heavy atom. The average molecular weight is 375 g/mol. The highest BCUT2D eigenvalue weighted by atomic mass is 32.1. The molecule has 0 saturated heterocycles. The summed E-state index contributed by atoms with van der Waals surface area (Å²) in [6, 6.07) is 9.15. The van der Waals surface area contributed by atoms with Crippen molar-refractivity contribution in [1.82, 2.24) is 29.9 Å². The molecule has 8 nitrogen and oxygen atoms in total. The van der Waals surface area contributed by atoms with Gasteiger partial charge in [-0.3, -0.25) is 20.1 Å². The van der Waals surface area contributed by atoms with Crippen molar-refractivity contribution in [2.24, 2.45) is 0 Å². The van der Waals surface area contributed by atoms with Crippen LogP contribution in [0.25, 0.3) is 22.8 Å². The standard InChI is InChI=1S/C18H13N7OS/c1-11-21-15(13-6-2-3-8-20-13)24-18(22-11)25-16(26)17-23-14(10-27-17)12-5-4-7-19-9-12/h2-10H,1H3,(H,21,22,24,25,26). The molecular formula is C18H13N7OS. The van der Waals surface area contributed by atoms with Gasteiger partial charge in [-0.25, -0.2) is 9.97 Å². The summed E-state index contributed by atoms with van der Waals surface area (Å²) in [5, 5.41) is 4.80. The van der Waals surface area contributed by atoms with Crippen LogP contribution in [-0.4, -0.2) is 35.8 Å². The van der Waals surface area contributed by atoms with Crippen LogP contribution in [0.3, 0.4) is 0 Å². The second-order valence-corrected chi connectivity index (χ2v) is 6.34. The van der Waals surface area contributed by atoms with Crippen molar-refractivity contribution in [2.45, 2.75) is 6.92 Å². The number of carbonyl (C=O) groups excluding carboxylic acids is 1. The fourth-order valence-electron chi connectivity index (χ4n) is 2.33. The lowest BCUT2D eigenvalue weighted by Crippen LogP contribution is -2.15. The number of nitrogens with one attached hydrogen (secondary N) is 1. The number of carbonyl (C=O) groups is 1. The lowest BCUT2D eigenvalue weighted by molar-refractivity contribution is 0.102. The van der Waals surface area contributed by atoms with Crippen molar-refractivity contribution in [3.8, 4) is 22.8 Å². The number of rotatable bonds is 4. The number of hydrogen-bond donors (Lipinski definition) is 1. The summed E-state index contributed by atoms with van der Waals surface area (Å²) in [5.41, 5.74) is 2.15. The highest BCUT2D eigenvalue weighted by Gasteiger charge is 2.15. The zero-order chi connectivity index (χ0) is 18.6. The van der Waals surface area contributed by atoms with Crippen LogP contribution in [0.15, 0.2) is 54.3 Å². The van der Waals surface area contributed by atoms with Crippen molar-refractivity contribution in [1.29, 1.82) is 0 Å². The van der Waals surface area contributed by atoms with Crippen molar-refractivity contribution >= 4 is 23.2 Å². The fraction of sp³-hybridized carbons (Fsp3) is 0.0556. The zero-order valence-corrected chi connectivity index (χ0v) is 15.0. The molecule has 4 aromatic rings. The van der Waals surface area contributed by atoms with E-state index in [2.05, 4.69) is 35.2 Å². The Labute approximate surface area is 158 Å². The van der Waals surface area contributed by atoms with Crippen molar-refractivity contribution < 1.29 is 4.79 Å². The van der Waals surface area contributed by atoms with E-state index in [-0.39, 0.29) is 11.9 Å². The van der Waals surface area contributed by atoms with Crippen molar-refractivity contribution in [3.05, 3.63) is 65.1 Å². The summed E-state index contributed by atoms with van der Waals surface area (Å²) in [6.07, 6.45) is 5.04. The SMILES string of the molecule is Cc1nc(NC(=O)c2nc(-c3cccnc3)cs2)nc(-c2ccccn2)n1. The number of thiazole rings is 1. The van der Waals surface area contributed by atoms with E-state index in [1.807, 2.05) is 29.6 Å². The lowest BCUT2D eigenvalue weighted by atomic mass is 10.2. The molecule has 0 fully saturated rings. The lowest BCUT2D eigenvalue weighted by Gasteiger charge is -2.05. The Bertz CT molecular complexity index is 1080. The number of amides is 1. The van der Waals surface area contributed by atoms with E-state index in [0.717, 1.165) is 5.56 Å². The van der Waals surface area contributed by atoms with E-state index in [0.29, 0.717) is 28.0 Å². The molecule has 0 spiro atoms. The zero-order valence-electron chi connectivity index (χ0n) is 14.2. The fourth-order valence-corrected chi connectivity index (χ4v) is 3.05. The number of nitrogens with zero attached hydrogens (tertiary/aromatic N) is 6. The van der Waals surface area contributed by atoms with Gasteiger partial charge >= 0.3 is 0 Å². The van der Waals surface area contributed by atoms with E-state index < -0.39 is 0 Å². The molecule has 4 rings (SSSR count). The summed E-state index contributed by atoms with van der Waals surface area (Å²) in [5.74, 6) is 0.656. The predicted octanol–water partition coefficient (Wildman–Crippen LogP) is 3.01. The number of aromatic nitrogens is 6. The molecular weight excluding hydrogens is 362 g/mol. The van der Waals surface area contributed by atoms with Crippen LogP contribution in [0.1, 0.15) is 15.6 Å². The van der Waals surface area contributed by atoms with Crippen LogP contribution < -0.4 is 5.32 Å². The van der Waals surface area contributed by atoms with Crippen LogP contribution in [-0.2, 0) is 0 Å². The third-order valence-electron chi connectivity index (χ3n) is 3.52. The molecule has 0 radical (unpaired) electrons. The van der Waals surface area contributed by atoms with Gasteiger partial charge in [0.1, 0.15) is 11.5 Å². The molecule has 0 unspecified atom stereocenters. The Morgan fingerprint density at radius 2 is 1.93 bits per heavy atom. The Balaban J connectivity index is 1.57. The highest BCUT2D eigenvalue weighted by molar-refractivity contribution is 7.12. The average Bonchev–Trinajstić information content (AvgIpc) is 3.19. The van der Waals surface area contributed by atoms with Gasteiger partial charge in [0.25, 0.3) is 5.91 Å². The molecule has 1 amide bonds. The van der Waals surface area contributed by atoms with E-state index in [9.17, 15) is 4.79 Å². The first kappa shape index (κ1) is 16.9. The minimum atomic E-state index is -0.382. The molecule has 27 heavy (non-hydrogen) atoms. The summed E-state index contributed by atoms with van der Waals surface area (Å²) in [6.45, 7) is 1.73. The summed E-state index contributed by atoms with van der Waals surface area (Å²) >= 11 is 1.24. The predicted molar refractivity (Wildman–Crippen MR) is 101 cm³/mol. The minimum absolute atomic E-state index is 0.159. The maximum atomic E-state index is 12.5. The molecule has 132 valence electrons. The third-order valence-corrected chi connectivity index (χ3v) is 4.36. The first-order chi connectivity index (χ1) is 13.2. The Morgan fingerprint density at radius 3 is 2.70 bits per heavy atom. The molecule has 0 aliphatic carbocycles. The van der Waals surface area contributed by atoms with Gasteiger partial charge in [-0.05, 0) is 31.2 Å². The number of aryl methyl sites for hydroxylation is 1. The van der Waals surface area contributed by atoms with Crippen LogP contribution in [0, 0.1) is 6.92 Å². The minimum Gasteiger partial charge on any atom is -0.288 e. The normalized spacial score (nSPS) is 10.6. The number of anilines is 1. The Kier molecular flexibility index (Phi) is 4.58.